The van der Waals surface area contributed by atoms with Gasteiger partial charge in [0, 0.05) is 24.8 Å². The minimum atomic E-state index is -0.353. The van der Waals surface area contributed by atoms with Gasteiger partial charge in [0.15, 0.2) is 0 Å². The summed E-state index contributed by atoms with van der Waals surface area (Å²) in [7, 11) is 0. The Morgan fingerprint density at radius 2 is 1.94 bits per heavy atom. The summed E-state index contributed by atoms with van der Waals surface area (Å²) < 4.78 is 5.63. The first kappa shape index (κ1) is 22.8. The Labute approximate surface area is 187 Å². The van der Waals surface area contributed by atoms with Crippen molar-refractivity contribution < 1.29 is 14.3 Å². The van der Waals surface area contributed by atoms with Gasteiger partial charge in [-0.05, 0) is 62.1 Å². The van der Waals surface area contributed by atoms with Crippen molar-refractivity contribution in [2.75, 3.05) is 23.8 Å². The Kier molecular flexibility index (Phi) is 7.65. The summed E-state index contributed by atoms with van der Waals surface area (Å²) in [4.78, 5) is 28.9. The van der Waals surface area contributed by atoms with Crippen LogP contribution in [0.15, 0.2) is 41.4 Å². The lowest BCUT2D eigenvalue weighted by Crippen LogP contribution is -2.37. The van der Waals surface area contributed by atoms with Gasteiger partial charge in [-0.3, -0.25) is 14.9 Å². The summed E-state index contributed by atoms with van der Waals surface area (Å²) in [5.41, 5.74) is 3.52. The predicted molar refractivity (Wildman–Crippen MR) is 124 cm³/mol. The summed E-state index contributed by atoms with van der Waals surface area (Å²) in [6, 6.07) is 10.7. The number of amides is 2. The van der Waals surface area contributed by atoms with Gasteiger partial charge in [0.25, 0.3) is 5.91 Å². The second kappa shape index (κ2) is 10.4. The van der Waals surface area contributed by atoms with Gasteiger partial charge in [0.1, 0.15) is 0 Å². The van der Waals surface area contributed by atoms with Crippen LogP contribution < -0.4 is 16.0 Å². The summed E-state index contributed by atoms with van der Waals surface area (Å²) in [5.74, 6) is -0.267. The number of nitrogens with zero attached hydrogens (tertiary/aromatic N) is 1. The molecule has 2 aromatic carbocycles. The van der Waals surface area contributed by atoms with Crippen molar-refractivity contribution in [1.29, 1.82) is 0 Å². The van der Waals surface area contributed by atoms with Crippen LogP contribution in [0.25, 0.3) is 0 Å². The monoisotopic (exact) mass is 442 g/mol. The van der Waals surface area contributed by atoms with Crippen LogP contribution in [-0.2, 0) is 9.53 Å². The number of hydrogen-bond donors (Lipinski definition) is 3. The van der Waals surface area contributed by atoms with E-state index in [0.29, 0.717) is 28.5 Å². The fourth-order valence-corrected chi connectivity index (χ4v) is 3.49. The Bertz CT molecular complexity index is 1000. The zero-order chi connectivity index (χ0) is 22.4. The van der Waals surface area contributed by atoms with E-state index in [-0.39, 0.29) is 23.9 Å². The summed E-state index contributed by atoms with van der Waals surface area (Å²) in [6.07, 6.45) is 1.98. The molecule has 0 bridgehead atoms. The van der Waals surface area contributed by atoms with Gasteiger partial charge in [-0.1, -0.05) is 23.7 Å². The van der Waals surface area contributed by atoms with Crippen molar-refractivity contribution in [2.24, 2.45) is 4.99 Å². The molecule has 0 aromatic heterocycles. The van der Waals surface area contributed by atoms with Crippen molar-refractivity contribution in [1.82, 2.24) is 5.32 Å². The van der Waals surface area contributed by atoms with Crippen LogP contribution in [0.1, 0.15) is 41.3 Å². The van der Waals surface area contributed by atoms with E-state index in [0.717, 1.165) is 30.6 Å². The quantitative estimate of drug-likeness (QED) is 0.475. The Morgan fingerprint density at radius 3 is 2.61 bits per heavy atom. The van der Waals surface area contributed by atoms with Crippen LogP contribution in [0.5, 0.6) is 0 Å². The fourth-order valence-electron chi connectivity index (χ4n) is 3.21. The highest BCUT2D eigenvalue weighted by Crippen LogP contribution is 2.23. The Morgan fingerprint density at radius 1 is 1.13 bits per heavy atom. The maximum atomic E-state index is 12.9. The molecule has 3 N–H and O–H groups in total. The minimum Gasteiger partial charge on any atom is -0.376 e. The number of hydrogen-bond acceptors (Lipinski definition) is 4. The summed E-state index contributed by atoms with van der Waals surface area (Å²) in [5, 5.41) is 9.21. The molecule has 0 aliphatic carbocycles. The third-order valence-electron chi connectivity index (χ3n) is 4.90. The van der Waals surface area contributed by atoms with E-state index < -0.39 is 0 Å². The molecule has 1 heterocycles. The molecule has 1 fully saturated rings. The van der Waals surface area contributed by atoms with Crippen molar-refractivity contribution in [2.45, 2.75) is 39.7 Å². The molecule has 2 amide bonds. The number of guanidine groups is 1. The van der Waals surface area contributed by atoms with Crippen LogP contribution >= 0.6 is 11.6 Å². The van der Waals surface area contributed by atoms with Crippen LogP contribution in [0, 0.1) is 13.8 Å². The molecular weight excluding hydrogens is 416 g/mol. The highest BCUT2D eigenvalue weighted by molar-refractivity contribution is 6.34. The van der Waals surface area contributed by atoms with E-state index in [2.05, 4.69) is 20.9 Å². The highest BCUT2D eigenvalue weighted by atomic mass is 35.5. The van der Waals surface area contributed by atoms with Crippen molar-refractivity contribution in [3.05, 3.63) is 58.1 Å². The maximum Gasteiger partial charge on any atom is 0.258 e. The van der Waals surface area contributed by atoms with Crippen molar-refractivity contribution in [3.8, 4) is 0 Å². The standard InChI is InChI=1S/C23H27ClN4O3/c1-14-6-9-20(19(24)11-14)27-23(25-13-18-5-4-10-31-18)28-22(30)17-8-7-15(2)21(12-17)26-16(3)29/h6-9,11-12,18H,4-5,10,13H2,1-3H3,(H,26,29)(H2,25,27,28,30). The molecule has 1 aliphatic heterocycles. The van der Waals surface area contributed by atoms with Gasteiger partial charge in [-0.15, -0.1) is 0 Å². The number of nitrogens with one attached hydrogen (secondary N) is 3. The molecule has 8 heteroatoms. The number of halogens is 1. The normalized spacial score (nSPS) is 16.1. The van der Waals surface area contributed by atoms with E-state index in [1.54, 1.807) is 18.2 Å². The van der Waals surface area contributed by atoms with Crippen molar-refractivity contribution >= 4 is 40.7 Å². The number of ether oxygens (including phenoxy) is 1. The SMILES string of the molecule is CC(=O)Nc1cc(C(=O)NC(=NCC2CCCO2)Nc2ccc(C)cc2Cl)ccc1C. The molecule has 0 spiro atoms. The van der Waals surface area contributed by atoms with Crippen molar-refractivity contribution in [3.63, 3.8) is 0 Å². The molecule has 1 aliphatic rings. The summed E-state index contributed by atoms with van der Waals surface area (Å²) in [6.45, 7) is 6.40. The first-order valence-electron chi connectivity index (χ1n) is 10.2. The molecule has 1 atom stereocenters. The zero-order valence-corrected chi connectivity index (χ0v) is 18.7. The third-order valence-corrected chi connectivity index (χ3v) is 5.21. The number of carbonyl (C=O) groups excluding carboxylic acids is 2. The molecule has 31 heavy (non-hydrogen) atoms. The second-order valence-corrected chi connectivity index (χ2v) is 8.00. The minimum absolute atomic E-state index is 0.0351. The van der Waals surface area contributed by atoms with Gasteiger partial charge in [-0.25, -0.2) is 4.99 Å². The lowest BCUT2D eigenvalue weighted by atomic mass is 10.1. The van der Waals surface area contributed by atoms with Gasteiger partial charge in [-0.2, -0.15) is 0 Å². The number of aryl methyl sites for hydroxylation is 2. The molecule has 1 saturated heterocycles. The van der Waals surface area contributed by atoms with Gasteiger partial charge < -0.3 is 15.4 Å². The van der Waals surface area contributed by atoms with Gasteiger partial charge >= 0.3 is 0 Å². The summed E-state index contributed by atoms with van der Waals surface area (Å²) >= 11 is 6.35. The zero-order valence-electron chi connectivity index (χ0n) is 17.9. The van der Waals surface area contributed by atoms with E-state index >= 15 is 0 Å². The van der Waals surface area contributed by atoms with E-state index in [1.807, 2.05) is 32.0 Å². The number of benzene rings is 2. The molecule has 0 radical (unpaired) electrons. The molecule has 1 unspecified atom stereocenters. The second-order valence-electron chi connectivity index (χ2n) is 7.60. The lowest BCUT2D eigenvalue weighted by molar-refractivity contribution is -0.114. The number of carbonyl (C=O) groups is 2. The van der Waals surface area contributed by atoms with Gasteiger partial charge in [0.05, 0.1) is 23.4 Å². The molecular formula is C23H27ClN4O3. The average Bonchev–Trinajstić information content (AvgIpc) is 3.23. The average molecular weight is 443 g/mol. The largest absolute Gasteiger partial charge is 0.376 e. The van der Waals surface area contributed by atoms with Crippen LogP contribution in [0.2, 0.25) is 5.02 Å². The van der Waals surface area contributed by atoms with Gasteiger partial charge in [0.2, 0.25) is 11.9 Å². The molecule has 7 nitrogen and oxygen atoms in total. The fraction of sp³-hybridized carbons (Fsp3) is 0.348. The molecule has 2 aromatic rings. The van der Waals surface area contributed by atoms with E-state index in [9.17, 15) is 9.59 Å². The number of anilines is 2. The smallest absolute Gasteiger partial charge is 0.258 e. The molecule has 0 saturated carbocycles. The highest BCUT2D eigenvalue weighted by Gasteiger charge is 2.17. The van der Waals surface area contributed by atoms with E-state index in [4.69, 9.17) is 16.3 Å². The van der Waals surface area contributed by atoms with Crippen LogP contribution in [-0.4, -0.2) is 37.0 Å². The van der Waals surface area contributed by atoms with Crippen LogP contribution in [0.4, 0.5) is 11.4 Å². The van der Waals surface area contributed by atoms with E-state index in [1.165, 1.54) is 6.92 Å². The number of aliphatic imine (C=N–C) groups is 1. The lowest BCUT2D eigenvalue weighted by Gasteiger charge is -2.15. The Hall–Kier alpha value is -2.90. The third kappa shape index (κ3) is 6.54. The molecule has 164 valence electrons. The molecule has 3 rings (SSSR count). The maximum absolute atomic E-state index is 12.9. The number of rotatable bonds is 5. The first-order valence-corrected chi connectivity index (χ1v) is 10.6. The first-order chi connectivity index (χ1) is 14.8. The van der Waals surface area contributed by atoms with Crippen LogP contribution in [0.3, 0.4) is 0 Å². The topological polar surface area (TPSA) is 91.8 Å². The predicted octanol–water partition coefficient (Wildman–Crippen LogP) is 4.29. The Balaban J connectivity index is 1.80.